The maximum absolute atomic E-state index is 15.2. The maximum Gasteiger partial charge on any atom is 0.246 e. The van der Waals surface area contributed by atoms with Crippen molar-refractivity contribution in [2.75, 3.05) is 63.1 Å². The highest BCUT2D eigenvalue weighted by Gasteiger charge is 2.46. The predicted molar refractivity (Wildman–Crippen MR) is 354 cm³/mol. The third-order valence-electron chi connectivity index (χ3n) is 17.3. The predicted octanol–water partition coefficient (Wildman–Crippen LogP) is 3.43. The van der Waals surface area contributed by atoms with Crippen molar-refractivity contribution >= 4 is 71.2 Å². The van der Waals surface area contributed by atoms with E-state index in [1.54, 1.807) is 73.8 Å². The SMILES string of the molecule is C/C=C/C[C@@H](C)[C@@H](O)[C@H]1C(=O)N[C@@H](CC)C(=O)N(C)[C@H](C)C(=O)N(C)[C@@H]([C@@H](C)OCCC/C=N/OC)C(=O)N[C@@H](C(C)C)C(=O)N(C)[C@H](CC(C)C)C(=O)N[C@@H](C)C(=O)N[C@@H](C)C(=O)N(C)[C@@H](CC(C)C)C(=O)N(C)[C@H](CC(C)C)C(=O)N(C)[C@@H](C(C)C)C(=O)N1C. The summed E-state index contributed by atoms with van der Waals surface area (Å²) >= 11 is 0. The molecule has 0 aromatic rings. The van der Waals surface area contributed by atoms with E-state index < -0.39 is 161 Å². The summed E-state index contributed by atoms with van der Waals surface area (Å²) in [4.78, 5) is 176. The van der Waals surface area contributed by atoms with Crippen molar-refractivity contribution in [1.29, 1.82) is 0 Å². The number of nitrogens with one attached hydrogen (secondary N) is 4. The molecule has 26 nitrogen and oxygen atoms in total. The van der Waals surface area contributed by atoms with Gasteiger partial charge >= 0.3 is 0 Å². The summed E-state index contributed by atoms with van der Waals surface area (Å²) in [5, 5.41) is 26.9. The van der Waals surface area contributed by atoms with E-state index in [2.05, 4.69) is 26.4 Å². The lowest BCUT2D eigenvalue weighted by Crippen LogP contribution is -2.64. The lowest BCUT2D eigenvalue weighted by Gasteiger charge is -2.41. The summed E-state index contributed by atoms with van der Waals surface area (Å²) in [5.74, 6) is -10.2. The first kappa shape index (κ1) is 83.3. The van der Waals surface area contributed by atoms with Gasteiger partial charge in [0, 0.05) is 62.2 Å². The molecular weight excluding hydrogens is 1180 g/mol. The minimum atomic E-state index is -1.65. The number of unbranched alkanes of at least 4 members (excludes halogenated alkanes) is 1. The van der Waals surface area contributed by atoms with Gasteiger partial charge in [-0.25, -0.2) is 0 Å². The number of hydrogen-bond acceptors (Lipinski definition) is 15. The molecule has 92 heavy (non-hydrogen) atoms. The molecule has 526 valence electrons. The number of carbonyl (C=O) groups excluding carboxylic acids is 11. The Labute approximate surface area is 549 Å². The van der Waals surface area contributed by atoms with Crippen LogP contribution in [-0.2, 0) is 62.3 Å². The average Bonchev–Trinajstić information content (AvgIpc) is 0.813. The molecule has 0 aromatic heterocycles. The molecule has 1 fully saturated rings. The summed E-state index contributed by atoms with van der Waals surface area (Å²) in [5.41, 5.74) is 0. The second-order valence-electron chi connectivity index (χ2n) is 27.0. The fourth-order valence-electron chi connectivity index (χ4n) is 11.4. The van der Waals surface area contributed by atoms with E-state index in [0.717, 1.165) is 14.7 Å². The highest BCUT2D eigenvalue weighted by molar-refractivity contribution is 6.00. The van der Waals surface area contributed by atoms with Gasteiger partial charge in [0.05, 0.1) is 12.2 Å². The summed E-state index contributed by atoms with van der Waals surface area (Å²) in [6.07, 6.45) is 4.12. The molecule has 0 radical (unpaired) electrons. The van der Waals surface area contributed by atoms with E-state index in [0.29, 0.717) is 19.3 Å². The standard InChI is InChI=1S/C66H118N12O14/c1-26-28-31-42(13)55(79)54-59(83)70-47(27-2)62(86)72(18)45(16)61(85)77(23)53(46(17)92-33-30-29-32-67-91-25)58(82)71-51(40(9)10)65(89)73(19)48(34-37(3)4)57(81)68-43(14)56(80)69-44(15)60(84)74(20)49(35-38(5)6)63(87)75(21)50(36-39(7)8)64(88)76(22)52(41(11)12)66(90)78(54)24/h26,28,32,37-55,79H,27,29-31,33-36H2,1-25H3,(H,68,81)(H,69,80)(H,70,83)(H,71,82)/b28-26+,67-32+/t42-,43+,44+,45-,46-,47+,48-,49+,50-,51+,52+,53+,54+,55-/m1/s1. The van der Waals surface area contributed by atoms with E-state index in [4.69, 9.17) is 9.57 Å². The van der Waals surface area contributed by atoms with E-state index in [-0.39, 0.29) is 50.0 Å². The van der Waals surface area contributed by atoms with Crippen LogP contribution in [0.25, 0.3) is 0 Å². The number of likely N-dealkylation sites (N-methyl/N-ethyl adjacent to an activating group) is 7. The zero-order valence-electron chi connectivity index (χ0n) is 60.2. The van der Waals surface area contributed by atoms with Crippen LogP contribution in [0.2, 0.25) is 0 Å². The molecule has 26 heteroatoms. The number of nitrogens with zero attached hydrogens (tertiary/aromatic N) is 8. The van der Waals surface area contributed by atoms with Crippen molar-refractivity contribution < 1.29 is 67.4 Å². The van der Waals surface area contributed by atoms with Crippen molar-refractivity contribution in [1.82, 2.24) is 55.6 Å². The van der Waals surface area contributed by atoms with Gasteiger partial charge in [0.15, 0.2) is 0 Å². The summed E-state index contributed by atoms with van der Waals surface area (Å²) in [7, 11) is 11.2. The number of hydrogen-bond donors (Lipinski definition) is 5. The molecule has 14 atom stereocenters. The van der Waals surface area contributed by atoms with E-state index in [1.165, 1.54) is 96.8 Å². The highest BCUT2D eigenvalue weighted by atomic mass is 16.6. The monoisotopic (exact) mass is 1300 g/mol. The quantitative estimate of drug-likeness (QED) is 0.0505. The Morgan fingerprint density at radius 3 is 1.47 bits per heavy atom. The Hall–Kier alpha value is -6.70. The van der Waals surface area contributed by atoms with Crippen molar-refractivity contribution in [3.8, 4) is 0 Å². The van der Waals surface area contributed by atoms with E-state index in [1.807, 2.05) is 41.5 Å². The summed E-state index contributed by atoms with van der Waals surface area (Å²) in [6.45, 7) is 29.1. The third-order valence-corrected chi connectivity index (χ3v) is 17.3. The molecule has 1 aliphatic heterocycles. The molecule has 0 spiro atoms. The summed E-state index contributed by atoms with van der Waals surface area (Å²) < 4.78 is 6.19. The zero-order chi connectivity index (χ0) is 71.1. The molecule has 0 unspecified atom stereocenters. The van der Waals surface area contributed by atoms with Crippen LogP contribution in [0.1, 0.15) is 163 Å². The molecule has 0 bridgehead atoms. The van der Waals surface area contributed by atoms with E-state index in [9.17, 15) is 43.5 Å². The fraction of sp³-hybridized carbons (Fsp3) is 0.788. The van der Waals surface area contributed by atoms with Gasteiger partial charge in [-0.3, -0.25) is 52.7 Å². The average molecular weight is 1300 g/mol. The molecule has 11 amide bonds. The van der Waals surface area contributed by atoms with Crippen LogP contribution in [0.5, 0.6) is 0 Å². The molecule has 0 aliphatic carbocycles. The lowest BCUT2D eigenvalue weighted by molar-refractivity contribution is -0.157. The van der Waals surface area contributed by atoms with Gasteiger partial charge in [-0.05, 0) is 115 Å². The first-order valence-corrected chi connectivity index (χ1v) is 32.7. The topological polar surface area (TPSA) is 310 Å². The van der Waals surface area contributed by atoms with Crippen LogP contribution in [0, 0.1) is 35.5 Å². The number of oxime groups is 1. The van der Waals surface area contributed by atoms with Crippen LogP contribution in [-0.4, -0.2) is 252 Å². The molecule has 0 saturated carbocycles. The van der Waals surface area contributed by atoms with Gasteiger partial charge in [0.2, 0.25) is 65.0 Å². The first-order valence-electron chi connectivity index (χ1n) is 32.7. The van der Waals surface area contributed by atoms with Crippen molar-refractivity contribution in [2.24, 2.45) is 40.7 Å². The fourth-order valence-corrected chi connectivity index (χ4v) is 11.4. The second-order valence-corrected chi connectivity index (χ2v) is 27.0. The van der Waals surface area contributed by atoms with Gasteiger partial charge in [-0.15, -0.1) is 0 Å². The van der Waals surface area contributed by atoms with Crippen molar-refractivity contribution in [3.05, 3.63) is 12.2 Å². The normalized spacial score (nSPS) is 26.9. The number of aliphatic hydroxyl groups is 1. The molecule has 1 rings (SSSR count). The van der Waals surface area contributed by atoms with Crippen LogP contribution in [0.15, 0.2) is 17.3 Å². The van der Waals surface area contributed by atoms with Crippen molar-refractivity contribution in [2.45, 2.75) is 241 Å². The Balaban J connectivity index is 4.44. The molecule has 1 saturated heterocycles. The minimum Gasteiger partial charge on any atom is -0.399 e. The number of amides is 11. The lowest BCUT2D eigenvalue weighted by atomic mass is 9.91. The second kappa shape index (κ2) is 39.1. The molecule has 1 aliphatic rings. The van der Waals surface area contributed by atoms with Crippen LogP contribution in [0.3, 0.4) is 0 Å². The smallest absolute Gasteiger partial charge is 0.246 e. The molecular formula is C66H118N12O14. The largest absolute Gasteiger partial charge is 0.399 e. The Bertz CT molecular complexity index is 2530. The first-order chi connectivity index (χ1) is 42.7. The molecule has 0 aromatic carbocycles. The van der Waals surface area contributed by atoms with Gasteiger partial charge in [-0.1, -0.05) is 100 Å². The number of carbonyl (C=O) groups is 11. The maximum atomic E-state index is 15.2. The van der Waals surface area contributed by atoms with Gasteiger partial charge in [0.1, 0.15) is 73.6 Å². The van der Waals surface area contributed by atoms with E-state index >= 15 is 14.4 Å². The Morgan fingerprint density at radius 2 is 0.978 bits per heavy atom. The van der Waals surface area contributed by atoms with Gasteiger partial charge < -0.3 is 70.2 Å². The van der Waals surface area contributed by atoms with Crippen molar-refractivity contribution in [3.63, 3.8) is 0 Å². The van der Waals surface area contributed by atoms with Crippen LogP contribution >= 0.6 is 0 Å². The van der Waals surface area contributed by atoms with Crippen LogP contribution in [0.4, 0.5) is 0 Å². The molecule has 1 heterocycles. The van der Waals surface area contributed by atoms with Gasteiger partial charge in [-0.2, -0.15) is 0 Å². The Kier molecular flexibility index (Phi) is 35.4. The summed E-state index contributed by atoms with van der Waals surface area (Å²) in [6, 6.07) is -14.3. The Morgan fingerprint density at radius 1 is 0.511 bits per heavy atom. The van der Waals surface area contributed by atoms with Crippen LogP contribution < -0.4 is 21.3 Å². The number of rotatable bonds is 20. The number of allylic oxidation sites excluding steroid dienone is 2. The number of aliphatic hydroxyl groups excluding tert-OH is 1. The highest BCUT2D eigenvalue weighted by Crippen LogP contribution is 2.26. The third kappa shape index (κ3) is 23.4. The zero-order valence-corrected chi connectivity index (χ0v) is 60.2. The number of ether oxygens (including phenoxy) is 1. The minimum absolute atomic E-state index is 0.0195. The molecule has 5 N–H and O–H groups in total. The van der Waals surface area contributed by atoms with Gasteiger partial charge in [0.25, 0.3) is 0 Å².